The summed E-state index contributed by atoms with van der Waals surface area (Å²) in [5.41, 5.74) is 0.568. The van der Waals surface area contributed by atoms with E-state index in [0.717, 1.165) is 4.57 Å². The highest BCUT2D eigenvalue weighted by Gasteiger charge is 2.20. The van der Waals surface area contributed by atoms with Crippen LogP contribution in [-0.2, 0) is 13.1 Å². The third kappa shape index (κ3) is 3.05. The molecule has 2 heterocycles. The average molecular weight is 360 g/mol. The van der Waals surface area contributed by atoms with Gasteiger partial charge in [-0.3, -0.25) is 13.9 Å². The molecule has 0 aliphatic carbocycles. The smallest absolute Gasteiger partial charge is 0.299 e. The van der Waals surface area contributed by atoms with E-state index in [1.165, 1.54) is 10.8 Å². The molecule has 0 saturated carbocycles. The first kappa shape index (κ1) is 17.9. The molecule has 0 aliphatic heterocycles. The molecule has 0 saturated heterocycles. The Morgan fingerprint density at radius 3 is 2.41 bits per heavy atom. The summed E-state index contributed by atoms with van der Waals surface area (Å²) in [6.45, 7) is 3.60. The summed E-state index contributed by atoms with van der Waals surface area (Å²) in [7, 11) is 0. The van der Waals surface area contributed by atoms with E-state index in [2.05, 4.69) is 11.2 Å². The minimum absolute atomic E-state index is 0.127. The van der Waals surface area contributed by atoms with E-state index < -0.39 is 11.2 Å². The fraction of sp³-hybridized carbons (Fsp3) is 0.211. The largest absolute Gasteiger partial charge is 0.331 e. The molecule has 134 valence electrons. The second-order valence-electron chi connectivity index (χ2n) is 5.88. The Bertz CT molecular complexity index is 1200. The zero-order chi connectivity index (χ0) is 19.6. The lowest BCUT2D eigenvalue weighted by Gasteiger charge is -2.11. The molecule has 0 unspecified atom stereocenters. The van der Waals surface area contributed by atoms with E-state index in [-0.39, 0.29) is 12.1 Å². The summed E-state index contributed by atoms with van der Waals surface area (Å²) in [5.74, 6) is 0. The number of nitriles is 2. The van der Waals surface area contributed by atoms with Gasteiger partial charge in [0.2, 0.25) is 0 Å². The molecule has 3 rings (SSSR count). The fourth-order valence-electron chi connectivity index (χ4n) is 2.90. The van der Waals surface area contributed by atoms with E-state index >= 15 is 0 Å². The summed E-state index contributed by atoms with van der Waals surface area (Å²) < 4.78 is 3.82. The van der Waals surface area contributed by atoms with Crippen LogP contribution in [0.15, 0.2) is 46.1 Å². The van der Waals surface area contributed by atoms with Gasteiger partial charge in [0.25, 0.3) is 5.56 Å². The molecular weight excluding hydrogens is 344 g/mol. The van der Waals surface area contributed by atoms with Crippen LogP contribution in [0.3, 0.4) is 0 Å². The van der Waals surface area contributed by atoms with Gasteiger partial charge >= 0.3 is 5.69 Å². The minimum Gasteiger partial charge on any atom is -0.299 e. The maximum Gasteiger partial charge on any atom is 0.331 e. The molecule has 0 fully saturated rings. The van der Waals surface area contributed by atoms with Crippen LogP contribution >= 0.6 is 0 Å². The van der Waals surface area contributed by atoms with Crippen molar-refractivity contribution in [3.63, 3.8) is 0 Å². The standard InChI is InChI=1S/C19H16N6O2/c1-3-23-11-14(9-20)18(26)24(19(23)27)12-17-16(10-21)13(2)22-25(17)15-7-5-4-6-8-15/h4-8,11H,3,12H2,1-2H3. The molecule has 0 radical (unpaired) electrons. The number of para-hydroxylation sites is 1. The van der Waals surface area contributed by atoms with Gasteiger partial charge in [-0.15, -0.1) is 0 Å². The first-order valence-electron chi connectivity index (χ1n) is 8.30. The summed E-state index contributed by atoms with van der Waals surface area (Å²) in [5, 5.41) is 23.2. The predicted molar refractivity (Wildman–Crippen MR) is 97.5 cm³/mol. The van der Waals surface area contributed by atoms with Gasteiger partial charge < -0.3 is 0 Å². The van der Waals surface area contributed by atoms with E-state index in [0.29, 0.717) is 29.2 Å². The quantitative estimate of drug-likeness (QED) is 0.697. The van der Waals surface area contributed by atoms with Crippen LogP contribution in [0.1, 0.15) is 29.4 Å². The van der Waals surface area contributed by atoms with Crippen molar-refractivity contribution in [1.82, 2.24) is 18.9 Å². The zero-order valence-corrected chi connectivity index (χ0v) is 14.9. The fourth-order valence-corrected chi connectivity index (χ4v) is 2.90. The first-order valence-corrected chi connectivity index (χ1v) is 8.30. The highest BCUT2D eigenvalue weighted by atomic mass is 16.2. The second-order valence-corrected chi connectivity index (χ2v) is 5.88. The molecular formula is C19H16N6O2. The maximum absolute atomic E-state index is 12.7. The van der Waals surface area contributed by atoms with E-state index in [1.54, 1.807) is 18.5 Å². The van der Waals surface area contributed by atoms with Crippen LogP contribution in [0.2, 0.25) is 0 Å². The highest BCUT2D eigenvalue weighted by Crippen LogP contribution is 2.18. The number of benzene rings is 1. The minimum atomic E-state index is -0.686. The molecule has 0 amide bonds. The average Bonchev–Trinajstić information content (AvgIpc) is 3.01. The summed E-state index contributed by atoms with van der Waals surface area (Å²) in [4.78, 5) is 25.2. The maximum atomic E-state index is 12.7. The van der Waals surface area contributed by atoms with Crippen LogP contribution in [-0.4, -0.2) is 18.9 Å². The van der Waals surface area contributed by atoms with Crippen LogP contribution in [0, 0.1) is 29.6 Å². The predicted octanol–water partition coefficient (Wildman–Crippen LogP) is 1.32. The summed E-state index contributed by atoms with van der Waals surface area (Å²) in [6, 6.07) is 13.1. The molecule has 0 N–H and O–H groups in total. The number of hydrogen-bond donors (Lipinski definition) is 0. The van der Waals surface area contributed by atoms with Crippen molar-refractivity contribution in [2.24, 2.45) is 0 Å². The topological polar surface area (TPSA) is 109 Å². The molecule has 0 spiro atoms. The molecule has 0 aliphatic rings. The van der Waals surface area contributed by atoms with Crippen LogP contribution in [0.4, 0.5) is 0 Å². The normalized spacial score (nSPS) is 10.4. The molecule has 1 aromatic carbocycles. The monoisotopic (exact) mass is 360 g/mol. The third-order valence-electron chi connectivity index (χ3n) is 4.27. The molecule has 0 atom stereocenters. The SMILES string of the molecule is CCn1cc(C#N)c(=O)n(Cc2c(C#N)c(C)nn2-c2ccccc2)c1=O. The van der Waals surface area contributed by atoms with Gasteiger partial charge in [0.15, 0.2) is 0 Å². The Morgan fingerprint density at radius 1 is 1.11 bits per heavy atom. The zero-order valence-electron chi connectivity index (χ0n) is 14.9. The Balaban J connectivity index is 2.27. The molecule has 27 heavy (non-hydrogen) atoms. The Kier molecular flexibility index (Phi) is 4.73. The summed E-state index contributed by atoms with van der Waals surface area (Å²) in [6.07, 6.45) is 1.26. The van der Waals surface area contributed by atoms with Crippen LogP contribution in [0.5, 0.6) is 0 Å². The Hall–Kier alpha value is -3.91. The summed E-state index contributed by atoms with van der Waals surface area (Å²) >= 11 is 0. The molecule has 3 aromatic rings. The van der Waals surface area contributed by atoms with E-state index in [4.69, 9.17) is 0 Å². The molecule has 8 nitrogen and oxygen atoms in total. The van der Waals surface area contributed by atoms with Gasteiger partial charge in [-0.25, -0.2) is 9.48 Å². The van der Waals surface area contributed by atoms with Crippen molar-refractivity contribution in [2.45, 2.75) is 26.9 Å². The highest BCUT2D eigenvalue weighted by molar-refractivity contribution is 5.43. The molecule has 2 aromatic heterocycles. The van der Waals surface area contributed by atoms with E-state index in [1.807, 2.05) is 36.4 Å². The lowest BCUT2D eigenvalue weighted by atomic mass is 10.2. The van der Waals surface area contributed by atoms with Crippen molar-refractivity contribution in [3.05, 3.63) is 79.9 Å². The van der Waals surface area contributed by atoms with Crippen molar-refractivity contribution in [1.29, 1.82) is 10.5 Å². The number of nitrogens with zero attached hydrogens (tertiary/aromatic N) is 6. The van der Waals surface area contributed by atoms with Gasteiger partial charge in [0.1, 0.15) is 17.7 Å². The number of aryl methyl sites for hydroxylation is 2. The second kappa shape index (κ2) is 7.14. The Morgan fingerprint density at radius 2 is 1.81 bits per heavy atom. The number of aromatic nitrogens is 4. The van der Waals surface area contributed by atoms with Crippen LogP contribution < -0.4 is 11.2 Å². The number of hydrogen-bond acceptors (Lipinski definition) is 5. The lowest BCUT2D eigenvalue weighted by Crippen LogP contribution is -2.41. The van der Waals surface area contributed by atoms with Crippen molar-refractivity contribution < 1.29 is 0 Å². The number of rotatable bonds is 4. The van der Waals surface area contributed by atoms with Gasteiger partial charge in [0, 0.05) is 12.7 Å². The molecule has 0 bridgehead atoms. The van der Waals surface area contributed by atoms with Gasteiger partial charge in [-0.05, 0) is 26.0 Å². The van der Waals surface area contributed by atoms with Gasteiger partial charge in [-0.2, -0.15) is 15.6 Å². The van der Waals surface area contributed by atoms with Crippen molar-refractivity contribution in [2.75, 3.05) is 0 Å². The lowest BCUT2D eigenvalue weighted by molar-refractivity contribution is 0.583. The van der Waals surface area contributed by atoms with Gasteiger partial charge in [-0.1, -0.05) is 18.2 Å². The van der Waals surface area contributed by atoms with Crippen molar-refractivity contribution in [3.8, 4) is 17.8 Å². The molecule has 8 heteroatoms. The van der Waals surface area contributed by atoms with Gasteiger partial charge in [0.05, 0.1) is 29.2 Å². The Labute approximate surface area is 154 Å². The first-order chi connectivity index (χ1) is 13.0. The van der Waals surface area contributed by atoms with Crippen molar-refractivity contribution >= 4 is 0 Å². The third-order valence-corrected chi connectivity index (χ3v) is 4.27. The van der Waals surface area contributed by atoms with Crippen LogP contribution in [0.25, 0.3) is 5.69 Å². The van der Waals surface area contributed by atoms with E-state index in [9.17, 15) is 20.1 Å².